The van der Waals surface area contributed by atoms with Crippen LogP contribution < -0.4 is 0 Å². The van der Waals surface area contributed by atoms with E-state index in [1.54, 1.807) is 36.7 Å². The van der Waals surface area contributed by atoms with Crippen LogP contribution in [0.15, 0.2) is 164 Å². The summed E-state index contributed by atoms with van der Waals surface area (Å²) in [5, 5.41) is 14.1. The SMILES string of the molecule is CCn1cc2c(-c3ccc(F)cc3)c(-c3ccncc3)c(-c3ccc(F)cc3)nc2n1.Cc1[nH]nc2nc(-c3ccccc3)c(-c3ccncc3)c(-c3ccccc3)c12. The molecule has 0 atom stereocenters. The Kier molecular flexibility index (Phi) is 10.0. The smallest absolute Gasteiger partial charge is 0.182 e. The summed E-state index contributed by atoms with van der Waals surface area (Å²) in [4.78, 5) is 18.2. The van der Waals surface area contributed by atoms with E-state index < -0.39 is 0 Å². The summed E-state index contributed by atoms with van der Waals surface area (Å²) in [6.45, 7) is 4.74. The molecule has 0 aliphatic heterocycles. The summed E-state index contributed by atoms with van der Waals surface area (Å²) in [5.74, 6) is -0.619. The molecule has 286 valence electrons. The third-order valence-corrected chi connectivity index (χ3v) is 10.2. The number of benzene rings is 4. The van der Waals surface area contributed by atoms with Gasteiger partial charge in [0.15, 0.2) is 11.3 Å². The number of nitrogens with one attached hydrogen (secondary N) is 1. The first-order valence-electron chi connectivity index (χ1n) is 19.2. The zero-order valence-electron chi connectivity index (χ0n) is 32.2. The van der Waals surface area contributed by atoms with E-state index in [0.717, 1.165) is 83.4 Å². The summed E-state index contributed by atoms with van der Waals surface area (Å²) in [7, 11) is 0. The third kappa shape index (κ3) is 7.23. The molecule has 10 aromatic rings. The third-order valence-electron chi connectivity index (χ3n) is 10.2. The maximum Gasteiger partial charge on any atom is 0.182 e. The van der Waals surface area contributed by atoms with Gasteiger partial charge in [-0.3, -0.25) is 19.7 Å². The number of aryl methyl sites for hydroxylation is 2. The zero-order chi connectivity index (χ0) is 40.3. The van der Waals surface area contributed by atoms with Gasteiger partial charge in [-0.25, -0.2) is 18.7 Å². The molecule has 0 aliphatic rings. The minimum Gasteiger partial charge on any atom is -0.280 e. The number of nitrogens with zero attached hydrogens (tertiary/aromatic N) is 7. The van der Waals surface area contributed by atoms with Gasteiger partial charge in [-0.05, 0) is 96.8 Å². The van der Waals surface area contributed by atoms with Crippen molar-refractivity contribution in [2.45, 2.75) is 20.4 Å². The van der Waals surface area contributed by atoms with Gasteiger partial charge in [0.05, 0.1) is 16.8 Å². The number of hydrogen-bond acceptors (Lipinski definition) is 6. The van der Waals surface area contributed by atoms with Crippen molar-refractivity contribution in [3.8, 4) is 67.0 Å². The Bertz CT molecular complexity index is 3020. The Morgan fingerprint density at radius 2 is 0.966 bits per heavy atom. The van der Waals surface area contributed by atoms with E-state index in [-0.39, 0.29) is 11.6 Å². The zero-order valence-corrected chi connectivity index (χ0v) is 32.2. The predicted octanol–water partition coefficient (Wildman–Crippen LogP) is 11.8. The second kappa shape index (κ2) is 16.0. The molecular formula is C49H36F2N8. The molecule has 0 saturated carbocycles. The first-order valence-corrected chi connectivity index (χ1v) is 19.2. The number of hydrogen-bond donors (Lipinski definition) is 1. The minimum absolute atomic E-state index is 0.303. The molecule has 0 amide bonds. The highest BCUT2D eigenvalue weighted by molar-refractivity contribution is 6.08. The topological polar surface area (TPSA) is 98.1 Å². The molecule has 8 nitrogen and oxygen atoms in total. The molecule has 10 heteroatoms. The summed E-state index contributed by atoms with van der Waals surface area (Å²) in [5.41, 5.74) is 13.7. The van der Waals surface area contributed by atoms with Crippen LogP contribution in [-0.2, 0) is 6.54 Å². The van der Waals surface area contributed by atoms with Crippen LogP contribution in [0.4, 0.5) is 8.78 Å². The summed E-state index contributed by atoms with van der Waals surface area (Å²) >= 11 is 0. The van der Waals surface area contributed by atoms with Gasteiger partial charge in [0, 0.05) is 82.0 Å². The van der Waals surface area contributed by atoms with E-state index in [0.29, 0.717) is 17.9 Å². The molecule has 0 aliphatic carbocycles. The highest BCUT2D eigenvalue weighted by atomic mass is 19.1. The standard InChI is InChI=1S/C25H18F2N4.C24H18N4/c1-2-31-15-21-22(16-3-7-19(26)8-4-16)23(17-11-13-28-14-12-17)24(29-25(21)30-31)18-5-9-20(27)10-6-18;1-16-20-21(17-8-4-2-5-9-17)22(18-12-14-25-15-13-18)23(26-24(20)28-27-16)19-10-6-3-7-11-19/h3-15H,2H2,1H3;2-15H,1H3,(H,26,27,28). The molecule has 59 heavy (non-hydrogen) atoms. The summed E-state index contributed by atoms with van der Waals surface area (Å²) < 4.78 is 29.2. The number of rotatable bonds is 7. The molecule has 0 unspecified atom stereocenters. The van der Waals surface area contributed by atoms with Crippen LogP contribution in [0.25, 0.3) is 89.1 Å². The monoisotopic (exact) mass is 774 g/mol. The Balaban J connectivity index is 0.000000153. The largest absolute Gasteiger partial charge is 0.280 e. The number of pyridine rings is 4. The van der Waals surface area contributed by atoms with Crippen molar-refractivity contribution in [2.24, 2.45) is 0 Å². The van der Waals surface area contributed by atoms with Crippen LogP contribution in [-0.4, -0.2) is 39.9 Å². The lowest BCUT2D eigenvalue weighted by molar-refractivity contribution is 0.627. The van der Waals surface area contributed by atoms with Gasteiger partial charge in [-0.1, -0.05) is 72.8 Å². The van der Waals surface area contributed by atoms with Crippen molar-refractivity contribution in [1.29, 1.82) is 0 Å². The molecule has 0 spiro atoms. The lowest BCUT2D eigenvalue weighted by atomic mass is 9.89. The highest BCUT2D eigenvalue weighted by Crippen LogP contribution is 2.45. The second-order valence-corrected chi connectivity index (χ2v) is 13.9. The van der Waals surface area contributed by atoms with Gasteiger partial charge in [-0.15, -0.1) is 0 Å². The van der Waals surface area contributed by atoms with E-state index >= 15 is 0 Å². The Labute approximate surface area is 339 Å². The van der Waals surface area contributed by atoms with Crippen molar-refractivity contribution < 1.29 is 8.78 Å². The van der Waals surface area contributed by atoms with E-state index in [1.807, 2.05) is 85.7 Å². The number of H-pyrrole nitrogens is 1. The van der Waals surface area contributed by atoms with Gasteiger partial charge in [-0.2, -0.15) is 10.2 Å². The number of aromatic nitrogens is 8. The van der Waals surface area contributed by atoms with E-state index in [2.05, 4.69) is 61.7 Å². The first kappa shape index (κ1) is 36.9. The minimum atomic E-state index is -0.315. The van der Waals surface area contributed by atoms with Crippen molar-refractivity contribution in [2.75, 3.05) is 0 Å². The number of halogens is 2. The quantitative estimate of drug-likeness (QED) is 0.173. The van der Waals surface area contributed by atoms with Crippen molar-refractivity contribution in [3.05, 3.63) is 182 Å². The summed E-state index contributed by atoms with van der Waals surface area (Å²) in [6.07, 6.45) is 9.05. The molecule has 0 fully saturated rings. The van der Waals surface area contributed by atoms with E-state index in [4.69, 9.17) is 9.97 Å². The molecular weight excluding hydrogens is 739 g/mol. The fourth-order valence-electron chi connectivity index (χ4n) is 7.48. The Morgan fingerprint density at radius 3 is 1.53 bits per heavy atom. The summed E-state index contributed by atoms with van der Waals surface area (Å²) in [6, 6.07) is 41.3. The van der Waals surface area contributed by atoms with Crippen LogP contribution in [0.1, 0.15) is 12.6 Å². The highest BCUT2D eigenvalue weighted by Gasteiger charge is 2.23. The number of fused-ring (bicyclic) bond motifs is 2. The van der Waals surface area contributed by atoms with E-state index in [9.17, 15) is 8.78 Å². The van der Waals surface area contributed by atoms with Crippen LogP contribution in [0, 0.1) is 18.6 Å². The predicted molar refractivity (Wildman–Crippen MR) is 230 cm³/mol. The van der Waals surface area contributed by atoms with Gasteiger partial charge >= 0.3 is 0 Å². The number of aromatic amines is 1. The van der Waals surface area contributed by atoms with Gasteiger partial charge in [0.2, 0.25) is 0 Å². The average molecular weight is 775 g/mol. The molecule has 0 saturated heterocycles. The molecule has 6 heterocycles. The van der Waals surface area contributed by atoms with Crippen molar-refractivity contribution in [1.82, 2.24) is 39.9 Å². The van der Waals surface area contributed by atoms with Crippen LogP contribution in [0.3, 0.4) is 0 Å². The lowest BCUT2D eigenvalue weighted by Crippen LogP contribution is -1.96. The average Bonchev–Trinajstić information content (AvgIpc) is 3.89. The van der Waals surface area contributed by atoms with Crippen molar-refractivity contribution in [3.63, 3.8) is 0 Å². The van der Waals surface area contributed by atoms with Crippen LogP contribution in [0.2, 0.25) is 0 Å². The first-order chi connectivity index (χ1) is 29.0. The lowest BCUT2D eigenvalue weighted by Gasteiger charge is -2.16. The van der Waals surface area contributed by atoms with Crippen LogP contribution >= 0.6 is 0 Å². The van der Waals surface area contributed by atoms with E-state index in [1.165, 1.54) is 24.3 Å². The Morgan fingerprint density at radius 1 is 0.508 bits per heavy atom. The van der Waals surface area contributed by atoms with Crippen LogP contribution in [0.5, 0.6) is 0 Å². The van der Waals surface area contributed by atoms with Gasteiger partial charge < -0.3 is 0 Å². The molecule has 0 bridgehead atoms. The molecule has 6 aromatic heterocycles. The van der Waals surface area contributed by atoms with Gasteiger partial charge in [0.1, 0.15) is 11.6 Å². The van der Waals surface area contributed by atoms with Gasteiger partial charge in [0.25, 0.3) is 0 Å². The second-order valence-electron chi connectivity index (χ2n) is 13.9. The Hall–Kier alpha value is -7.72. The molecule has 1 N–H and O–H groups in total. The molecule has 10 rings (SSSR count). The molecule has 0 radical (unpaired) electrons. The fraction of sp³-hybridized carbons (Fsp3) is 0.0612. The fourth-order valence-corrected chi connectivity index (χ4v) is 7.48. The van der Waals surface area contributed by atoms with Crippen molar-refractivity contribution >= 4 is 22.1 Å². The maximum absolute atomic E-state index is 13.7. The normalized spacial score (nSPS) is 11.1. The maximum atomic E-state index is 13.7. The molecule has 4 aromatic carbocycles.